The van der Waals surface area contributed by atoms with Gasteiger partial charge in [0, 0.05) is 6.04 Å². The van der Waals surface area contributed by atoms with Crippen molar-refractivity contribution in [2.24, 2.45) is 11.8 Å². The Labute approximate surface area is 95.4 Å². The van der Waals surface area contributed by atoms with Crippen LogP contribution in [0.15, 0.2) is 0 Å². The van der Waals surface area contributed by atoms with Crippen molar-refractivity contribution in [3.05, 3.63) is 0 Å². The van der Waals surface area contributed by atoms with Gasteiger partial charge in [0.1, 0.15) is 0 Å². The number of nitrogens with zero attached hydrogens (tertiary/aromatic N) is 1. The number of rotatable bonds is 5. The third kappa shape index (κ3) is 4.12. The summed E-state index contributed by atoms with van der Waals surface area (Å²) in [4.78, 5) is 2.67. The molecule has 0 spiro atoms. The highest BCUT2D eigenvalue weighted by atomic mass is 15.2. The number of likely N-dealkylation sites (tertiary alicyclic amines) is 1. The van der Waals surface area contributed by atoms with Gasteiger partial charge in [-0.25, -0.2) is 0 Å². The molecular formula is C13H28N2. The molecule has 0 bridgehead atoms. The van der Waals surface area contributed by atoms with Crippen LogP contribution < -0.4 is 5.32 Å². The average molecular weight is 212 g/mol. The van der Waals surface area contributed by atoms with Gasteiger partial charge in [-0.15, -0.1) is 0 Å². The predicted molar refractivity (Wildman–Crippen MR) is 67.1 cm³/mol. The third-order valence-electron chi connectivity index (χ3n) is 3.99. The lowest BCUT2D eigenvalue weighted by molar-refractivity contribution is 0.112. The first-order valence-corrected chi connectivity index (χ1v) is 6.53. The first-order chi connectivity index (χ1) is 7.15. The van der Waals surface area contributed by atoms with Crippen molar-refractivity contribution in [1.29, 1.82) is 0 Å². The van der Waals surface area contributed by atoms with Gasteiger partial charge < -0.3 is 10.2 Å². The molecule has 15 heavy (non-hydrogen) atoms. The highest BCUT2D eigenvalue weighted by molar-refractivity contribution is 4.77. The lowest BCUT2D eigenvalue weighted by atomic mass is 9.91. The van der Waals surface area contributed by atoms with Crippen LogP contribution in [0.5, 0.6) is 0 Å². The van der Waals surface area contributed by atoms with Crippen molar-refractivity contribution in [2.75, 3.05) is 26.7 Å². The molecule has 2 nitrogen and oxygen atoms in total. The van der Waals surface area contributed by atoms with E-state index in [0.717, 1.165) is 17.9 Å². The summed E-state index contributed by atoms with van der Waals surface area (Å²) < 4.78 is 0. The fourth-order valence-electron chi connectivity index (χ4n) is 2.42. The van der Waals surface area contributed by atoms with Crippen LogP contribution >= 0.6 is 0 Å². The van der Waals surface area contributed by atoms with Gasteiger partial charge in [0.2, 0.25) is 0 Å². The van der Waals surface area contributed by atoms with Crippen LogP contribution in [0.1, 0.15) is 40.0 Å². The minimum atomic E-state index is 0.759. The van der Waals surface area contributed by atoms with Gasteiger partial charge >= 0.3 is 0 Å². The molecule has 90 valence electrons. The highest BCUT2D eigenvalue weighted by Gasteiger charge is 2.23. The fourth-order valence-corrected chi connectivity index (χ4v) is 2.42. The van der Waals surface area contributed by atoms with E-state index in [-0.39, 0.29) is 0 Å². The second-order valence-corrected chi connectivity index (χ2v) is 5.36. The maximum absolute atomic E-state index is 3.25. The molecule has 1 atom stereocenters. The SMILES string of the molecule is CNCCC1CCN(C(C)C(C)C)CC1. The van der Waals surface area contributed by atoms with E-state index in [2.05, 4.69) is 38.0 Å². The molecule has 1 rings (SSSR count). The van der Waals surface area contributed by atoms with E-state index in [1.807, 2.05) is 0 Å². The quantitative estimate of drug-likeness (QED) is 0.752. The van der Waals surface area contributed by atoms with E-state index in [0.29, 0.717) is 0 Å². The van der Waals surface area contributed by atoms with E-state index in [9.17, 15) is 0 Å². The average Bonchev–Trinajstić information content (AvgIpc) is 2.26. The summed E-state index contributed by atoms with van der Waals surface area (Å²) in [6.45, 7) is 10.8. The molecule has 1 aliphatic rings. The number of nitrogens with one attached hydrogen (secondary N) is 1. The molecule has 0 aromatic rings. The largest absolute Gasteiger partial charge is 0.320 e. The van der Waals surface area contributed by atoms with Gasteiger partial charge in [-0.1, -0.05) is 13.8 Å². The molecule has 1 aliphatic heterocycles. The zero-order valence-corrected chi connectivity index (χ0v) is 10.9. The van der Waals surface area contributed by atoms with Crippen molar-refractivity contribution in [2.45, 2.75) is 46.1 Å². The topological polar surface area (TPSA) is 15.3 Å². The van der Waals surface area contributed by atoms with Gasteiger partial charge in [-0.3, -0.25) is 0 Å². The zero-order chi connectivity index (χ0) is 11.3. The Morgan fingerprint density at radius 2 is 1.80 bits per heavy atom. The second kappa shape index (κ2) is 6.49. The minimum absolute atomic E-state index is 0.759. The van der Waals surface area contributed by atoms with E-state index in [1.165, 1.54) is 38.9 Å². The Hall–Kier alpha value is -0.0800. The summed E-state index contributed by atoms with van der Waals surface area (Å²) >= 11 is 0. The monoisotopic (exact) mass is 212 g/mol. The molecule has 1 fully saturated rings. The standard InChI is InChI=1S/C13H28N2/c1-11(2)12(3)15-9-6-13(7-10-15)5-8-14-4/h11-14H,5-10H2,1-4H3. The fraction of sp³-hybridized carbons (Fsp3) is 1.00. The van der Waals surface area contributed by atoms with Gasteiger partial charge in [-0.05, 0) is 64.7 Å². The molecule has 2 heteroatoms. The smallest absolute Gasteiger partial charge is 0.00899 e. The van der Waals surface area contributed by atoms with E-state index in [4.69, 9.17) is 0 Å². The maximum Gasteiger partial charge on any atom is 0.00899 e. The Morgan fingerprint density at radius 1 is 1.20 bits per heavy atom. The first kappa shape index (κ1) is 13.0. The Balaban J connectivity index is 2.23. The third-order valence-corrected chi connectivity index (χ3v) is 3.99. The van der Waals surface area contributed by atoms with Crippen molar-refractivity contribution in [1.82, 2.24) is 10.2 Å². The zero-order valence-electron chi connectivity index (χ0n) is 10.9. The highest BCUT2D eigenvalue weighted by Crippen LogP contribution is 2.23. The lowest BCUT2D eigenvalue weighted by Crippen LogP contribution is -2.42. The summed E-state index contributed by atoms with van der Waals surface area (Å²) in [6.07, 6.45) is 4.16. The second-order valence-electron chi connectivity index (χ2n) is 5.36. The van der Waals surface area contributed by atoms with Crippen LogP contribution in [-0.2, 0) is 0 Å². The van der Waals surface area contributed by atoms with Crippen molar-refractivity contribution in [3.63, 3.8) is 0 Å². The summed E-state index contributed by atoms with van der Waals surface area (Å²) in [5, 5.41) is 3.25. The normalized spacial score (nSPS) is 22.2. The van der Waals surface area contributed by atoms with Crippen LogP contribution in [0.2, 0.25) is 0 Å². The summed E-state index contributed by atoms with van der Waals surface area (Å²) in [7, 11) is 2.05. The van der Waals surface area contributed by atoms with E-state index < -0.39 is 0 Å². The molecule has 0 saturated carbocycles. The molecule has 0 aliphatic carbocycles. The van der Waals surface area contributed by atoms with E-state index in [1.54, 1.807) is 0 Å². The van der Waals surface area contributed by atoms with Crippen molar-refractivity contribution < 1.29 is 0 Å². The number of piperidine rings is 1. The lowest BCUT2D eigenvalue weighted by Gasteiger charge is -2.37. The predicted octanol–water partition coefficient (Wildman–Crippen LogP) is 2.35. The molecule has 1 saturated heterocycles. The Kier molecular flexibility index (Phi) is 5.62. The molecule has 1 N–H and O–H groups in total. The summed E-state index contributed by atoms with van der Waals surface area (Å²) in [5.74, 6) is 1.76. The molecule has 0 aromatic carbocycles. The Bertz CT molecular complexity index is 160. The number of hydrogen-bond donors (Lipinski definition) is 1. The van der Waals surface area contributed by atoms with E-state index >= 15 is 0 Å². The summed E-state index contributed by atoms with van der Waals surface area (Å²) in [5.41, 5.74) is 0. The summed E-state index contributed by atoms with van der Waals surface area (Å²) in [6, 6.07) is 0.759. The maximum atomic E-state index is 3.25. The minimum Gasteiger partial charge on any atom is -0.320 e. The van der Waals surface area contributed by atoms with Crippen LogP contribution in [0.3, 0.4) is 0 Å². The van der Waals surface area contributed by atoms with Crippen molar-refractivity contribution >= 4 is 0 Å². The first-order valence-electron chi connectivity index (χ1n) is 6.53. The van der Waals surface area contributed by atoms with Gasteiger partial charge in [0.05, 0.1) is 0 Å². The van der Waals surface area contributed by atoms with Gasteiger partial charge in [-0.2, -0.15) is 0 Å². The number of hydrogen-bond acceptors (Lipinski definition) is 2. The molecule has 0 amide bonds. The van der Waals surface area contributed by atoms with Crippen LogP contribution in [0.4, 0.5) is 0 Å². The molecule has 1 heterocycles. The molecule has 0 aromatic heterocycles. The van der Waals surface area contributed by atoms with Crippen LogP contribution in [0, 0.1) is 11.8 Å². The molecule has 1 unspecified atom stereocenters. The van der Waals surface area contributed by atoms with Gasteiger partial charge in [0.15, 0.2) is 0 Å². The van der Waals surface area contributed by atoms with Crippen LogP contribution in [0.25, 0.3) is 0 Å². The Morgan fingerprint density at radius 3 is 2.27 bits per heavy atom. The molecule has 0 radical (unpaired) electrons. The molecular weight excluding hydrogens is 184 g/mol. The van der Waals surface area contributed by atoms with Crippen LogP contribution in [-0.4, -0.2) is 37.6 Å². The van der Waals surface area contributed by atoms with Crippen molar-refractivity contribution in [3.8, 4) is 0 Å². The van der Waals surface area contributed by atoms with Gasteiger partial charge in [0.25, 0.3) is 0 Å².